The van der Waals surface area contributed by atoms with E-state index in [4.69, 9.17) is 17.2 Å². The van der Waals surface area contributed by atoms with Gasteiger partial charge >= 0.3 is 5.97 Å². The number of fused-ring (bicyclic) bond motifs is 1. The van der Waals surface area contributed by atoms with Gasteiger partial charge in [0.25, 0.3) is 0 Å². The quantitative estimate of drug-likeness (QED) is 0.127. The first-order valence-electron chi connectivity index (χ1n) is 12.6. The van der Waals surface area contributed by atoms with Crippen LogP contribution in [0.25, 0.3) is 10.9 Å². The largest absolute Gasteiger partial charge is 0.480 e. The van der Waals surface area contributed by atoms with Crippen LogP contribution in [0, 0.1) is 0 Å². The second-order valence-corrected chi connectivity index (χ2v) is 8.98. The molecule has 204 valence electrons. The molecule has 0 aliphatic heterocycles. The van der Waals surface area contributed by atoms with E-state index in [1.807, 2.05) is 24.3 Å². The number of aromatic amines is 1. The fourth-order valence-corrected chi connectivity index (χ4v) is 3.94. The van der Waals surface area contributed by atoms with Crippen LogP contribution in [0.4, 0.5) is 0 Å². The predicted octanol–water partition coefficient (Wildman–Crippen LogP) is -0.534. The van der Waals surface area contributed by atoms with E-state index in [9.17, 15) is 24.3 Å². The van der Waals surface area contributed by atoms with Gasteiger partial charge in [0.15, 0.2) is 0 Å². The molecule has 0 unspecified atom stereocenters. The summed E-state index contributed by atoms with van der Waals surface area (Å²) in [6.07, 6.45) is 5.11. The molecule has 2 rings (SSSR count). The number of carbonyl (C=O) groups excluding carboxylic acids is 3. The first-order chi connectivity index (χ1) is 17.8. The van der Waals surface area contributed by atoms with Crippen molar-refractivity contribution >= 4 is 34.6 Å². The number of para-hydroxylation sites is 1. The van der Waals surface area contributed by atoms with Crippen molar-refractivity contribution in [2.75, 3.05) is 19.6 Å². The summed E-state index contributed by atoms with van der Waals surface area (Å²) in [5.74, 6) is -2.88. The van der Waals surface area contributed by atoms with Crippen LogP contribution >= 0.6 is 0 Å². The van der Waals surface area contributed by atoms with Gasteiger partial charge in [-0.05, 0) is 56.8 Å². The summed E-state index contributed by atoms with van der Waals surface area (Å²) in [7, 11) is 0. The molecule has 11 N–H and O–H groups in total. The Morgan fingerprint density at radius 1 is 0.892 bits per heavy atom. The molecule has 37 heavy (non-hydrogen) atoms. The molecule has 3 amide bonds. The summed E-state index contributed by atoms with van der Waals surface area (Å²) >= 11 is 0. The van der Waals surface area contributed by atoms with Crippen LogP contribution in [-0.4, -0.2) is 71.5 Å². The Hall–Kier alpha value is -3.48. The van der Waals surface area contributed by atoms with Gasteiger partial charge in [0.05, 0.1) is 12.6 Å². The Labute approximate surface area is 216 Å². The number of benzene rings is 1. The van der Waals surface area contributed by atoms with Gasteiger partial charge in [-0.25, -0.2) is 4.79 Å². The van der Waals surface area contributed by atoms with E-state index in [2.05, 4.69) is 20.9 Å². The van der Waals surface area contributed by atoms with Gasteiger partial charge in [0.1, 0.15) is 12.1 Å². The first-order valence-corrected chi connectivity index (χ1v) is 12.6. The second kappa shape index (κ2) is 15.6. The molecular formula is C25H39N7O5. The third kappa shape index (κ3) is 9.83. The van der Waals surface area contributed by atoms with Crippen LogP contribution in [0.3, 0.4) is 0 Å². The van der Waals surface area contributed by atoms with Crippen LogP contribution in [-0.2, 0) is 25.6 Å². The molecule has 0 saturated carbocycles. The number of unbranched alkanes of at least 4 members (excludes halogenated alkanes) is 2. The number of nitrogens with two attached hydrogens (primary N) is 3. The van der Waals surface area contributed by atoms with E-state index in [0.29, 0.717) is 38.8 Å². The maximum Gasteiger partial charge on any atom is 0.326 e. The number of aliphatic carboxylic acids is 1. The third-order valence-corrected chi connectivity index (χ3v) is 6.04. The minimum atomic E-state index is -1.17. The molecule has 0 fully saturated rings. The Bertz CT molecular complexity index is 1040. The zero-order valence-corrected chi connectivity index (χ0v) is 21.0. The zero-order valence-electron chi connectivity index (χ0n) is 21.0. The van der Waals surface area contributed by atoms with Gasteiger partial charge < -0.3 is 43.2 Å². The van der Waals surface area contributed by atoms with Crippen molar-refractivity contribution < 1.29 is 24.3 Å². The number of nitrogens with one attached hydrogen (secondary N) is 4. The van der Waals surface area contributed by atoms with E-state index in [1.165, 1.54) is 0 Å². The highest BCUT2D eigenvalue weighted by Crippen LogP contribution is 2.19. The number of amides is 3. The molecule has 2 aromatic rings. The summed E-state index contributed by atoms with van der Waals surface area (Å²) in [6, 6.07) is 4.54. The molecule has 12 heteroatoms. The normalized spacial score (nSPS) is 13.5. The fourth-order valence-electron chi connectivity index (χ4n) is 3.94. The summed E-state index contributed by atoms with van der Waals surface area (Å²) in [4.78, 5) is 52.8. The van der Waals surface area contributed by atoms with Crippen LogP contribution in [0.2, 0.25) is 0 Å². The van der Waals surface area contributed by atoms with E-state index < -0.39 is 41.8 Å². The predicted molar refractivity (Wildman–Crippen MR) is 140 cm³/mol. The smallest absolute Gasteiger partial charge is 0.326 e. The highest BCUT2D eigenvalue weighted by molar-refractivity contribution is 5.93. The number of rotatable bonds is 17. The van der Waals surface area contributed by atoms with Crippen LogP contribution < -0.4 is 33.2 Å². The number of aromatic nitrogens is 1. The minimum Gasteiger partial charge on any atom is -0.480 e. The second-order valence-electron chi connectivity index (χ2n) is 8.98. The molecule has 1 aromatic heterocycles. The first kappa shape index (κ1) is 29.7. The van der Waals surface area contributed by atoms with Gasteiger partial charge in [-0.2, -0.15) is 0 Å². The van der Waals surface area contributed by atoms with Crippen molar-refractivity contribution in [3.05, 3.63) is 36.0 Å². The number of carboxylic acids is 1. The van der Waals surface area contributed by atoms with Crippen molar-refractivity contribution in [1.29, 1.82) is 0 Å². The van der Waals surface area contributed by atoms with Gasteiger partial charge in [-0.3, -0.25) is 14.4 Å². The van der Waals surface area contributed by atoms with E-state index >= 15 is 0 Å². The molecule has 0 radical (unpaired) electrons. The Morgan fingerprint density at radius 2 is 1.57 bits per heavy atom. The van der Waals surface area contributed by atoms with E-state index in [-0.39, 0.29) is 19.4 Å². The lowest BCUT2D eigenvalue weighted by Crippen LogP contribution is -2.54. The molecular weight excluding hydrogens is 478 g/mol. The highest BCUT2D eigenvalue weighted by Gasteiger charge is 2.27. The van der Waals surface area contributed by atoms with Gasteiger partial charge in [-0.15, -0.1) is 0 Å². The Kier molecular flexibility index (Phi) is 12.5. The lowest BCUT2D eigenvalue weighted by Gasteiger charge is -2.22. The standard InChI is InChI=1S/C25H39N7O5/c26-11-5-3-8-18(28)23(34)30-15-22(33)31-21(13-16-14-29-19-9-2-1-7-17(16)19)24(35)32-20(25(36)37)10-4-6-12-27/h1-2,7,9,14,18,20-21,29H,3-6,8,10-13,15,26-28H2,(H,30,34)(H,31,33)(H,32,35)(H,36,37)/t18-,20-,21-/m0/s1. The monoisotopic (exact) mass is 517 g/mol. The fraction of sp³-hybridized carbons (Fsp3) is 0.520. The number of H-pyrrole nitrogens is 1. The number of hydrogen-bond donors (Lipinski definition) is 8. The van der Waals surface area contributed by atoms with Gasteiger partial charge in [0.2, 0.25) is 17.7 Å². The number of carbonyl (C=O) groups is 4. The maximum atomic E-state index is 13.1. The van der Waals surface area contributed by atoms with Crippen molar-refractivity contribution in [3.63, 3.8) is 0 Å². The molecule has 0 aliphatic carbocycles. The Balaban J connectivity index is 2.08. The molecule has 3 atom stereocenters. The average Bonchev–Trinajstić information content (AvgIpc) is 3.29. The molecule has 0 aliphatic rings. The summed E-state index contributed by atoms with van der Waals surface area (Å²) in [5.41, 5.74) is 18.4. The van der Waals surface area contributed by atoms with Crippen LogP contribution in [0.5, 0.6) is 0 Å². The molecule has 1 aromatic carbocycles. The van der Waals surface area contributed by atoms with Gasteiger partial charge in [0, 0.05) is 23.5 Å². The molecule has 12 nitrogen and oxygen atoms in total. The van der Waals surface area contributed by atoms with Crippen molar-refractivity contribution in [1.82, 2.24) is 20.9 Å². The topological polar surface area (TPSA) is 218 Å². The number of carboxylic acid groups (broad SMARTS) is 1. The highest BCUT2D eigenvalue weighted by atomic mass is 16.4. The lowest BCUT2D eigenvalue weighted by atomic mass is 10.0. The van der Waals surface area contributed by atoms with Crippen molar-refractivity contribution in [2.24, 2.45) is 17.2 Å². The Morgan fingerprint density at radius 3 is 2.24 bits per heavy atom. The van der Waals surface area contributed by atoms with Crippen molar-refractivity contribution in [2.45, 2.75) is 63.1 Å². The molecule has 1 heterocycles. The summed E-state index contributed by atoms with van der Waals surface area (Å²) < 4.78 is 0. The molecule has 0 spiro atoms. The maximum absolute atomic E-state index is 13.1. The third-order valence-electron chi connectivity index (χ3n) is 6.04. The number of hydrogen-bond acceptors (Lipinski definition) is 7. The van der Waals surface area contributed by atoms with Gasteiger partial charge in [-0.1, -0.05) is 24.6 Å². The molecule has 0 bridgehead atoms. The van der Waals surface area contributed by atoms with Crippen LogP contribution in [0.15, 0.2) is 30.5 Å². The molecule has 0 saturated heterocycles. The zero-order chi connectivity index (χ0) is 27.2. The SMILES string of the molecule is NCCCC[C@H](NC(=O)[C@H](Cc1c[nH]c2ccccc12)NC(=O)CNC(=O)[C@@H](N)CCCCN)C(=O)O. The average molecular weight is 518 g/mol. The van der Waals surface area contributed by atoms with Crippen molar-refractivity contribution in [3.8, 4) is 0 Å². The van der Waals surface area contributed by atoms with E-state index in [0.717, 1.165) is 22.9 Å². The summed E-state index contributed by atoms with van der Waals surface area (Å²) in [5, 5.41) is 18.1. The lowest BCUT2D eigenvalue weighted by molar-refractivity contribution is -0.142. The minimum absolute atomic E-state index is 0.114. The summed E-state index contributed by atoms with van der Waals surface area (Å²) in [6.45, 7) is 0.550. The van der Waals surface area contributed by atoms with E-state index in [1.54, 1.807) is 6.20 Å². The van der Waals surface area contributed by atoms with Crippen LogP contribution in [0.1, 0.15) is 44.1 Å².